The average molecular weight is 348 g/mol. The van der Waals surface area contributed by atoms with Crippen molar-refractivity contribution >= 4 is 13.6 Å². The summed E-state index contributed by atoms with van der Waals surface area (Å²) in [6, 6.07) is 0. The predicted octanol–water partition coefficient (Wildman–Crippen LogP) is 7.68. The highest BCUT2D eigenvalue weighted by atomic mass is 16.1. The second-order valence-electron chi connectivity index (χ2n) is 9.62. The second kappa shape index (κ2) is 13.0. The molecule has 0 bridgehead atoms. The highest BCUT2D eigenvalue weighted by Crippen LogP contribution is 2.41. The molecule has 0 aromatic heterocycles. The van der Waals surface area contributed by atoms with Gasteiger partial charge in [0.1, 0.15) is 5.78 Å². The molecule has 1 nitrogen and oxygen atoms in total. The molecular formula is C23H45BO. The largest absolute Gasteiger partial charge is 0.300 e. The van der Waals surface area contributed by atoms with Crippen LogP contribution in [-0.2, 0) is 4.79 Å². The van der Waals surface area contributed by atoms with Crippen LogP contribution in [0.1, 0.15) is 125 Å². The molecule has 0 aromatic rings. The van der Waals surface area contributed by atoms with Gasteiger partial charge in [-0.2, -0.15) is 0 Å². The summed E-state index contributed by atoms with van der Waals surface area (Å²) < 4.78 is 0. The van der Waals surface area contributed by atoms with Gasteiger partial charge in [0.25, 0.3) is 0 Å². The summed E-state index contributed by atoms with van der Waals surface area (Å²) in [4.78, 5) is 13.2. The van der Waals surface area contributed by atoms with Crippen molar-refractivity contribution < 1.29 is 4.79 Å². The number of carbonyl (C=O) groups is 1. The van der Waals surface area contributed by atoms with Gasteiger partial charge in [-0.05, 0) is 30.0 Å². The van der Waals surface area contributed by atoms with Gasteiger partial charge in [-0.1, -0.05) is 106 Å². The predicted molar refractivity (Wildman–Crippen MR) is 113 cm³/mol. The summed E-state index contributed by atoms with van der Waals surface area (Å²) in [5.74, 6) is 0.481. The van der Waals surface area contributed by atoms with E-state index in [4.69, 9.17) is 7.85 Å². The van der Waals surface area contributed by atoms with Crippen LogP contribution in [0.15, 0.2) is 0 Å². The molecule has 0 N–H and O–H groups in total. The van der Waals surface area contributed by atoms with Gasteiger partial charge in [0.15, 0.2) is 0 Å². The smallest absolute Gasteiger partial charge is 0.133 e. The van der Waals surface area contributed by atoms with Crippen molar-refractivity contribution in [2.45, 2.75) is 130 Å². The van der Waals surface area contributed by atoms with Crippen molar-refractivity contribution in [2.75, 3.05) is 0 Å². The minimum Gasteiger partial charge on any atom is -0.300 e. The number of Topliss-reactive ketones (excluding diaryl/α,β-unsaturated/α-hetero) is 1. The van der Waals surface area contributed by atoms with Gasteiger partial charge in [0.05, 0.1) is 7.85 Å². The first kappa shape index (κ1) is 24.7. The quantitative estimate of drug-likeness (QED) is 0.219. The van der Waals surface area contributed by atoms with Crippen LogP contribution in [0.5, 0.6) is 0 Å². The van der Waals surface area contributed by atoms with Gasteiger partial charge < -0.3 is 0 Å². The van der Waals surface area contributed by atoms with Crippen molar-refractivity contribution in [3.8, 4) is 0 Å². The van der Waals surface area contributed by atoms with Gasteiger partial charge in [-0.25, -0.2) is 0 Å². The Hall–Kier alpha value is -0.265. The van der Waals surface area contributed by atoms with Crippen molar-refractivity contribution in [3.05, 3.63) is 0 Å². The Morgan fingerprint density at radius 3 is 1.52 bits per heavy atom. The molecule has 0 aromatic carbocycles. The maximum atomic E-state index is 13.2. The van der Waals surface area contributed by atoms with Crippen LogP contribution in [0.25, 0.3) is 0 Å². The third-order valence-corrected chi connectivity index (χ3v) is 5.14. The van der Waals surface area contributed by atoms with E-state index in [0.29, 0.717) is 5.78 Å². The molecule has 0 aliphatic rings. The van der Waals surface area contributed by atoms with E-state index in [1.807, 2.05) is 6.92 Å². The summed E-state index contributed by atoms with van der Waals surface area (Å²) in [6.07, 6.45) is 15.5. The summed E-state index contributed by atoms with van der Waals surface area (Å²) in [7, 11) is 6.50. The monoisotopic (exact) mass is 348 g/mol. The van der Waals surface area contributed by atoms with E-state index in [2.05, 4.69) is 34.6 Å². The molecule has 0 heterocycles. The Balaban J connectivity index is 4.63. The van der Waals surface area contributed by atoms with Crippen molar-refractivity contribution in [3.63, 3.8) is 0 Å². The highest BCUT2D eigenvalue weighted by Gasteiger charge is 2.35. The summed E-state index contributed by atoms with van der Waals surface area (Å²) in [5, 5.41) is -0.685. The van der Waals surface area contributed by atoms with Gasteiger partial charge in [-0.3, -0.25) is 4.79 Å². The lowest BCUT2D eigenvalue weighted by Gasteiger charge is -2.34. The SMILES string of the molecule is [B]C(C)(CC(C)(C)C)C(=O)C(CCCCCCC)CCCCCCC. The van der Waals surface area contributed by atoms with E-state index in [1.165, 1.54) is 64.2 Å². The molecule has 0 aliphatic carbocycles. The van der Waals surface area contributed by atoms with Crippen LogP contribution >= 0.6 is 0 Å². The van der Waals surface area contributed by atoms with E-state index >= 15 is 0 Å². The lowest BCUT2D eigenvalue weighted by molar-refractivity contribution is -0.126. The first-order chi connectivity index (χ1) is 11.6. The van der Waals surface area contributed by atoms with Crippen LogP contribution in [0, 0.1) is 11.3 Å². The molecular weight excluding hydrogens is 303 g/mol. The van der Waals surface area contributed by atoms with E-state index in [0.717, 1.165) is 19.3 Å². The molecule has 2 radical (unpaired) electrons. The molecule has 0 aliphatic heterocycles. The second-order valence-corrected chi connectivity index (χ2v) is 9.62. The lowest BCUT2D eigenvalue weighted by atomic mass is 9.57. The zero-order valence-electron chi connectivity index (χ0n) is 18.3. The Morgan fingerprint density at radius 2 is 1.16 bits per heavy atom. The van der Waals surface area contributed by atoms with Crippen LogP contribution in [-0.4, -0.2) is 13.6 Å². The number of rotatable bonds is 15. The highest BCUT2D eigenvalue weighted by molar-refractivity contribution is 6.28. The minimum absolute atomic E-state index is 0.0892. The summed E-state index contributed by atoms with van der Waals surface area (Å²) >= 11 is 0. The summed E-state index contributed by atoms with van der Waals surface area (Å²) in [6.45, 7) is 13.0. The number of ketones is 1. The third kappa shape index (κ3) is 12.7. The third-order valence-electron chi connectivity index (χ3n) is 5.14. The van der Waals surface area contributed by atoms with Crippen LogP contribution in [0.3, 0.4) is 0 Å². The number of carbonyl (C=O) groups excluding carboxylic acids is 1. The number of hydrogen-bond acceptors (Lipinski definition) is 1. The van der Waals surface area contributed by atoms with E-state index in [-0.39, 0.29) is 11.3 Å². The standard InChI is InChI=1S/C23H45BO/c1-7-9-11-13-15-17-20(18-16-14-12-10-8-2)21(25)23(6,24)19-22(3,4)5/h20H,7-19H2,1-6H3. The molecule has 0 saturated carbocycles. The molecule has 146 valence electrons. The van der Waals surface area contributed by atoms with E-state index in [1.54, 1.807) is 0 Å². The first-order valence-corrected chi connectivity index (χ1v) is 11.0. The Labute approximate surface area is 160 Å². The fourth-order valence-corrected chi connectivity index (χ4v) is 4.05. The first-order valence-electron chi connectivity index (χ1n) is 11.0. The van der Waals surface area contributed by atoms with Crippen molar-refractivity contribution in [1.82, 2.24) is 0 Å². The fourth-order valence-electron chi connectivity index (χ4n) is 4.05. The zero-order chi connectivity index (χ0) is 19.3. The topological polar surface area (TPSA) is 17.1 Å². The molecule has 25 heavy (non-hydrogen) atoms. The maximum Gasteiger partial charge on any atom is 0.133 e. The maximum absolute atomic E-state index is 13.2. The molecule has 0 spiro atoms. The minimum atomic E-state index is -0.685. The normalized spacial score (nSPS) is 14.7. The Bertz CT molecular complexity index is 326. The molecule has 0 fully saturated rings. The van der Waals surface area contributed by atoms with E-state index in [9.17, 15) is 4.79 Å². The average Bonchev–Trinajstić information content (AvgIpc) is 2.49. The van der Waals surface area contributed by atoms with Crippen molar-refractivity contribution in [2.24, 2.45) is 11.3 Å². The molecule has 1 atom stereocenters. The van der Waals surface area contributed by atoms with Gasteiger partial charge in [0, 0.05) is 5.92 Å². The molecule has 0 rings (SSSR count). The van der Waals surface area contributed by atoms with Crippen LogP contribution < -0.4 is 0 Å². The lowest BCUT2D eigenvalue weighted by Crippen LogP contribution is -2.32. The van der Waals surface area contributed by atoms with E-state index < -0.39 is 5.31 Å². The van der Waals surface area contributed by atoms with Crippen molar-refractivity contribution in [1.29, 1.82) is 0 Å². The summed E-state index contributed by atoms with van der Waals surface area (Å²) in [5.41, 5.74) is 0.0892. The Morgan fingerprint density at radius 1 is 0.760 bits per heavy atom. The molecule has 0 amide bonds. The zero-order valence-corrected chi connectivity index (χ0v) is 18.3. The van der Waals surface area contributed by atoms with Gasteiger partial charge >= 0.3 is 0 Å². The molecule has 0 saturated heterocycles. The van der Waals surface area contributed by atoms with Crippen LogP contribution in [0.4, 0.5) is 0 Å². The molecule has 2 heteroatoms. The van der Waals surface area contributed by atoms with Crippen LogP contribution in [0.2, 0.25) is 5.31 Å². The van der Waals surface area contributed by atoms with Gasteiger partial charge in [0.2, 0.25) is 0 Å². The number of unbranched alkanes of at least 4 members (excludes halogenated alkanes) is 8. The number of hydrogen-bond donors (Lipinski definition) is 0. The Kier molecular flexibility index (Phi) is 12.8. The molecule has 1 unspecified atom stereocenters. The fraction of sp³-hybridized carbons (Fsp3) is 0.957. The van der Waals surface area contributed by atoms with Gasteiger partial charge in [-0.15, -0.1) is 0 Å².